The van der Waals surface area contributed by atoms with E-state index < -0.39 is 12.4 Å². The van der Waals surface area contributed by atoms with Gasteiger partial charge in [-0.2, -0.15) is 0 Å². The van der Waals surface area contributed by atoms with Crippen molar-refractivity contribution in [1.29, 1.82) is 0 Å². The average molecular weight is 511 g/mol. The lowest BCUT2D eigenvalue weighted by atomic mass is 10.1. The second kappa shape index (κ2) is 14.0. The van der Waals surface area contributed by atoms with Crippen LogP contribution in [0.3, 0.4) is 0 Å². The molecule has 4 aromatic carbocycles. The summed E-state index contributed by atoms with van der Waals surface area (Å²) in [5, 5.41) is 0. The van der Waals surface area contributed by atoms with Crippen molar-refractivity contribution in [2.75, 3.05) is 6.61 Å². The van der Waals surface area contributed by atoms with Crippen molar-refractivity contribution in [2.45, 2.75) is 51.0 Å². The number of hydrogen-bond donors (Lipinski definition) is 0. The molecule has 0 spiro atoms. The molecule has 38 heavy (non-hydrogen) atoms. The molecule has 5 heteroatoms. The van der Waals surface area contributed by atoms with Crippen LogP contribution in [0.2, 0.25) is 0 Å². The smallest absolute Gasteiger partial charge is 0.187 e. The minimum atomic E-state index is -0.593. The van der Waals surface area contributed by atoms with E-state index in [1.807, 2.05) is 84.9 Å². The van der Waals surface area contributed by atoms with Crippen molar-refractivity contribution in [3.63, 3.8) is 0 Å². The molecule has 0 saturated carbocycles. The maximum absolute atomic E-state index is 6.48. The van der Waals surface area contributed by atoms with Crippen LogP contribution in [-0.2, 0) is 50.1 Å². The number of rotatable bonds is 13. The van der Waals surface area contributed by atoms with Gasteiger partial charge in [-0.1, -0.05) is 121 Å². The third-order valence-corrected chi connectivity index (χ3v) is 6.49. The maximum atomic E-state index is 6.48. The molecule has 1 aliphatic heterocycles. The van der Waals surface area contributed by atoms with Crippen molar-refractivity contribution in [1.82, 2.24) is 0 Å². The lowest BCUT2D eigenvalue weighted by Gasteiger charge is -2.25. The van der Waals surface area contributed by atoms with Crippen molar-refractivity contribution in [3.05, 3.63) is 144 Å². The molecular weight excluding hydrogens is 476 g/mol. The van der Waals surface area contributed by atoms with E-state index in [-0.39, 0.29) is 12.2 Å². The molecule has 4 atom stereocenters. The normalized spacial score (nSPS) is 20.9. The van der Waals surface area contributed by atoms with Crippen LogP contribution >= 0.6 is 0 Å². The Morgan fingerprint density at radius 3 is 1.32 bits per heavy atom. The summed E-state index contributed by atoms with van der Waals surface area (Å²) in [5.41, 5.74) is 4.36. The molecular formula is C33H34O5. The molecule has 0 unspecified atom stereocenters. The predicted octanol–water partition coefficient (Wildman–Crippen LogP) is 6.32. The van der Waals surface area contributed by atoms with E-state index in [0.29, 0.717) is 33.0 Å². The number of benzene rings is 4. The Kier molecular flexibility index (Phi) is 9.69. The zero-order chi connectivity index (χ0) is 25.8. The third kappa shape index (κ3) is 7.60. The van der Waals surface area contributed by atoms with Gasteiger partial charge in [0.15, 0.2) is 6.29 Å². The van der Waals surface area contributed by atoms with Gasteiger partial charge in [0.05, 0.1) is 33.0 Å². The molecule has 1 aliphatic rings. The second-order valence-corrected chi connectivity index (χ2v) is 9.36. The first-order chi connectivity index (χ1) is 18.8. The van der Waals surface area contributed by atoms with E-state index in [0.717, 1.165) is 22.3 Å². The van der Waals surface area contributed by atoms with Crippen LogP contribution in [0.4, 0.5) is 0 Å². The lowest BCUT2D eigenvalue weighted by Crippen LogP contribution is -2.39. The van der Waals surface area contributed by atoms with Crippen molar-refractivity contribution >= 4 is 0 Å². The van der Waals surface area contributed by atoms with Crippen LogP contribution < -0.4 is 0 Å². The number of hydrogen-bond acceptors (Lipinski definition) is 5. The highest BCUT2D eigenvalue weighted by Crippen LogP contribution is 2.30. The first-order valence-corrected chi connectivity index (χ1v) is 13.1. The SMILES string of the molecule is c1ccc(COC[C@H]2O[C@@H](OCc3ccccc3)[C@@H](OCc3ccccc3)[C@@H]2OCc2ccccc2)cc1. The van der Waals surface area contributed by atoms with Gasteiger partial charge in [-0.05, 0) is 22.3 Å². The van der Waals surface area contributed by atoms with Gasteiger partial charge in [0.1, 0.15) is 18.3 Å². The summed E-state index contributed by atoms with van der Waals surface area (Å²) < 4.78 is 31.7. The second-order valence-electron chi connectivity index (χ2n) is 9.36. The quantitative estimate of drug-likeness (QED) is 0.211. The fourth-order valence-electron chi connectivity index (χ4n) is 4.49. The Bertz CT molecular complexity index is 1190. The maximum Gasteiger partial charge on any atom is 0.187 e. The summed E-state index contributed by atoms with van der Waals surface area (Å²) in [7, 11) is 0. The Balaban J connectivity index is 1.31. The van der Waals surface area contributed by atoms with Crippen molar-refractivity contribution in [3.8, 4) is 0 Å². The van der Waals surface area contributed by atoms with Crippen LogP contribution in [0.25, 0.3) is 0 Å². The van der Waals surface area contributed by atoms with E-state index >= 15 is 0 Å². The van der Waals surface area contributed by atoms with E-state index in [2.05, 4.69) is 36.4 Å². The average Bonchev–Trinajstić information content (AvgIpc) is 3.32. The summed E-state index contributed by atoms with van der Waals surface area (Å²) in [6, 6.07) is 40.5. The van der Waals surface area contributed by atoms with Gasteiger partial charge in [-0.15, -0.1) is 0 Å². The van der Waals surface area contributed by atoms with Gasteiger partial charge in [0.25, 0.3) is 0 Å². The molecule has 1 heterocycles. The van der Waals surface area contributed by atoms with E-state index in [1.165, 1.54) is 0 Å². The first-order valence-electron chi connectivity index (χ1n) is 13.1. The van der Waals surface area contributed by atoms with Crippen LogP contribution in [0.1, 0.15) is 22.3 Å². The molecule has 0 amide bonds. The molecule has 0 N–H and O–H groups in total. The van der Waals surface area contributed by atoms with Crippen LogP contribution in [-0.4, -0.2) is 31.2 Å². The van der Waals surface area contributed by atoms with Crippen molar-refractivity contribution < 1.29 is 23.7 Å². The van der Waals surface area contributed by atoms with Gasteiger partial charge in [-0.3, -0.25) is 0 Å². The molecule has 1 fully saturated rings. The standard InChI is InChI=1S/C33H34O5/c1-5-13-26(14-6-1)21-34-25-30-31(35-22-27-15-7-2-8-16-27)32(36-23-28-17-9-3-10-18-28)33(38-30)37-24-29-19-11-4-12-20-29/h1-20,30-33H,21-25H2/t30-,31-,32+,33-/m1/s1. The largest absolute Gasteiger partial charge is 0.374 e. The molecule has 1 saturated heterocycles. The fourth-order valence-corrected chi connectivity index (χ4v) is 4.49. The Morgan fingerprint density at radius 1 is 0.447 bits per heavy atom. The minimum absolute atomic E-state index is 0.344. The third-order valence-electron chi connectivity index (χ3n) is 6.49. The van der Waals surface area contributed by atoms with Crippen LogP contribution in [0.5, 0.6) is 0 Å². The topological polar surface area (TPSA) is 46.2 Å². The summed E-state index contributed by atoms with van der Waals surface area (Å²) in [4.78, 5) is 0. The monoisotopic (exact) mass is 510 g/mol. The summed E-state index contributed by atoms with van der Waals surface area (Å²) in [5.74, 6) is 0. The highest BCUT2D eigenvalue weighted by molar-refractivity contribution is 5.16. The Labute approximate surface area is 224 Å². The predicted molar refractivity (Wildman–Crippen MR) is 146 cm³/mol. The molecule has 0 aliphatic carbocycles. The highest BCUT2D eigenvalue weighted by atomic mass is 16.7. The number of ether oxygens (including phenoxy) is 5. The van der Waals surface area contributed by atoms with Gasteiger partial charge >= 0.3 is 0 Å². The van der Waals surface area contributed by atoms with E-state index in [1.54, 1.807) is 0 Å². The zero-order valence-electron chi connectivity index (χ0n) is 21.4. The summed E-state index contributed by atoms with van der Waals surface area (Å²) in [6.45, 7) is 2.16. The van der Waals surface area contributed by atoms with Gasteiger partial charge in [0, 0.05) is 0 Å². The zero-order valence-corrected chi connectivity index (χ0v) is 21.4. The van der Waals surface area contributed by atoms with Gasteiger partial charge in [0.2, 0.25) is 0 Å². The molecule has 0 radical (unpaired) electrons. The Hall–Kier alpha value is -3.32. The van der Waals surface area contributed by atoms with Gasteiger partial charge in [-0.25, -0.2) is 0 Å². The minimum Gasteiger partial charge on any atom is -0.374 e. The molecule has 5 rings (SSSR count). The van der Waals surface area contributed by atoms with Crippen LogP contribution in [0, 0.1) is 0 Å². The van der Waals surface area contributed by atoms with Crippen molar-refractivity contribution in [2.24, 2.45) is 0 Å². The lowest BCUT2D eigenvalue weighted by molar-refractivity contribution is -0.190. The van der Waals surface area contributed by atoms with Crippen LogP contribution in [0.15, 0.2) is 121 Å². The molecule has 196 valence electrons. The van der Waals surface area contributed by atoms with E-state index in [4.69, 9.17) is 23.7 Å². The summed E-state index contributed by atoms with van der Waals surface area (Å²) >= 11 is 0. The fraction of sp³-hybridized carbons (Fsp3) is 0.273. The van der Waals surface area contributed by atoms with Gasteiger partial charge < -0.3 is 23.7 Å². The Morgan fingerprint density at radius 2 is 0.842 bits per heavy atom. The molecule has 5 nitrogen and oxygen atoms in total. The first kappa shape index (κ1) is 26.3. The molecule has 4 aromatic rings. The molecule has 0 bridgehead atoms. The summed E-state index contributed by atoms with van der Waals surface area (Å²) in [6.07, 6.45) is -1.72. The van der Waals surface area contributed by atoms with E-state index in [9.17, 15) is 0 Å². The highest BCUT2D eigenvalue weighted by Gasteiger charge is 2.47. The molecule has 0 aromatic heterocycles.